The second-order valence-electron chi connectivity index (χ2n) is 4.76. The summed E-state index contributed by atoms with van der Waals surface area (Å²) in [6, 6.07) is 12.4. The van der Waals surface area contributed by atoms with E-state index in [1.807, 2.05) is 12.3 Å². The molecule has 3 rings (SSSR count). The molecule has 19 heavy (non-hydrogen) atoms. The molecule has 3 nitrogen and oxygen atoms in total. The number of nitrogens with two attached hydrogens (primary N) is 1. The number of aryl methyl sites for hydroxylation is 1. The molecule has 0 amide bonds. The van der Waals surface area contributed by atoms with Gasteiger partial charge < -0.3 is 5.73 Å². The topological polar surface area (TPSA) is 51.8 Å². The van der Waals surface area contributed by atoms with Gasteiger partial charge in [0.15, 0.2) is 0 Å². The van der Waals surface area contributed by atoms with Gasteiger partial charge in [-0.2, -0.15) is 0 Å². The van der Waals surface area contributed by atoms with Gasteiger partial charge in [0.05, 0.1) is 0 Å². The lowest BCUT2D eigenvalue weighted by Crippen LogP contribution is -1.98. The fourth-order valence-electron chi connectivity index (χ4n) is 2.19. The van der Waals surface area contributed by atoms with Crippen LogP contribution in [-0.2, 0) is 6.42 Å². The number of benzene rings is 1. The lowest BCUT2D eigenvalue weighted by atomic mass is 10.1. The first kappa shape index (κ1) is 11.7. The molecular weight excluding hydrogens is 234 g/mol. The van der Waals surface area contributed by atoms with Crippen LogP contribution < -0.4 is 5.73 Å². The Labute approximate surface area is 112 Å². The van der Waals surface area contributed by atoms with E-state index in [-0.39, 0.29) is 0 Å². The third-order valence-corrected chi connectivity index (χ3v) is 3.22. The number of fused-ring (bicyclic) bond motifs is 1. The van der Waals surface area contributed by atoms with Gasteiger partial charge >= 0.3 is 0 Å². The van der Waals surface area contributed by atoms with Gasteiger partial charge in [0, 0.05) is 35.3 Å². The maximum atomic E-state index is 6.00. The molecule has 2 heterocycles. The maximum absolute atomic E-state index is 6.00. The highest BCUT2D eigenvalue weighted by Gasteiger charge is 2.04. The van der Waals surface area contributed by atoms with Crippen molar-refractivity contribution in [2.75, 3.05) is 5.73 Å². The first-order valence-corrected chi connectivity index (χ1v) is 6.27. The highest BCUT2D eigenvalue weighted by Crippen LogP contribution is 2.20. The SMILES string of the molecule is Cc1ccc(Cc2cc3cnccc3c(N)n2)cc1. The molecule has 0 atom stereocenters. The van der Waals surface area contributed by atoms with E-state index in [0.717, 1.165) is 22.9 Å². The summed E-state index contributed by atoms with van der Waals surface area (Å²) >= 11 is 0. The smallest absolute Gasteiger partial charge is 0.131 e. The van der Waals surface area contributed by atoms with Gasteiger partial charge in [0.2, 0.25) is 0 Å². The number of rotatable bonds is 2. The number of aromatic nitrogens is 2. The molecular formula is C16H15N3. The molecule has 0 unspecified atom stereocenters. The number of hydrogen-bond donors (Lipinski definition) is 1. The van der Waals surface area contributed by atoms with Gasteiger partial charge in [-0.3, -0.25) is 4.98 Å². The van der Waals surface area contributed by atoms with Gasteiger partial charge in [0.1, 0.15) is 5.82 Å². The molecule has 0 saturated carbocycles. The van der Waals surface area contributed by atoms with Crippen LogP contribution in [0.1, 0.15) is 16.8 Å². The van der Waals surface area contributed by atoms with E-state index in [9.17, 15) is 0 Å². The Morgan fingerprint density at radius 1 is 1.11 bits per heavy atom. The molecule has 0 aliphatic carbocycles. The monoisotopic (exact) mass is 249 g/mol. The summed E-state index contributed by atoms with van der Waals surface area (Å²) in [7, 11) is 0. The van der Waals surface area contributed by atoms with Gasteiger partial charge in [0.25, 0.3) is 0 Å². The molecule has 0 bridgehead atoms. The number of hydrogen-bond acceptors (Lipinski definition) is 3. The summed E-state index contributed by atoms with van der Waals surface area (Å²) in [5.74, 6) is 0.571. The Kier molecular flexibility index (Phi) is 2.88. The average molecular weight is 249 g/mol. The molecule has 1 aromatic carbocycles. The van der Waals surface area contributed by atoms with Crippen molar-refractivity contribution in [2.24, 2.45) is 0 Å². The van der Waals surface area contributed by atoms with Crippen molar-refractivity contribution in [3.63, 3.8) is 0 Å². The van der Waals surface area contributed by atoms with Gasteiger partial charge in [-0.1, -0.05) is 29.8 Å². The standard InChI is InChI=1S/C16H15N3/c1-11-2-4-12(5-3-11)8-14-9-13-10-18-7-6-15(13)16(17)19-14/h2-7,9-10H,8H2,1H3,(H2,17,19). The van der Waals surface area contributed by atoms with Gasteiger partial charge in [-0.05, 0) is 24.6 Å². The van der Waals surface area contributed by atoms with E-state index in [1.54, 1.807) is 6.20 Å². The summed E-state index contributed by atoms with van der Waals surface area (Å²) < 4.78 is 0. The second kappa shape index (κ2) is 4.69. The lowest BCUT2D eigenvalue weighted by molar-refractivity contribution is 1.09. The van der Waals surface area contributed by atoms with Crippen molar-refractivity contribution in [1.82, 2.24) is 9.97 Å². The van der Waals surface area contributed by atoms with Crippen LogP contribution >= 0.6 is 0 Å². The Hall–Kier alpha value is -2.42. The van der Waals surface area contributed by atoms with E-state index < -0.39 is 0 Å². The summed E-state index contributed by atoms with van der Waals surface area (Å²) in [4.78, 5) is 8.60. The number of pyridine rings is 2. The Bertz CT molecular complexity index is 718. The van der Waals surface area contributed by atoms with E-state index in [2.05, 4.69) is 47.2 Å². The van der Waals surface area contributed by atoms with Crippen molar-refractivity contribution in [3.05, 3.63) is 65.6 Å². The minimum atomic E-state index is 0.571. The molecule has 2 aromatic heterocycles. The van der Waals surface area contributed by atoms with Crippen LogP contribution in [0.3, 0.4) is 0 Å². The maximum Gasteiger partial charge on any atom is 0.131 e. The molecule has 0 radical (unpaired) electrons. The van der Waals surface area contributed by atoms with Crippen LogP contribution in [0.25, 0.3) is 10.8 Å². The summed E-state index contributed by atoms with van der Waals surface area (Å²) in [6.45, 7) is 2.09. The average Bonchev–Trinajstić information content (AvgIpc) is 2.42. The minimum absolute atomic E-state index is 0.571. The zero-order valence-electron chi connectivity index (χ0n) is 10.8. The second-order valence-corrected chi connectivity index (χ2v) is 4.76. The normalized spacial score (nSPS) is 10.8. The Morgan fingerprint density at radius 2 is 1.89 bits per heavy atom. The largest absolute Gasteiger partial charge is 0.383 e. The van der Waals surface area contributed by atoms with Crippen LogP contribution in [0.4, 0.5) is 5.82 Å². The molecule has 0 spiro atoms. The van der Waals surface area contributed by atoms with Crippen LogP contribution in [-0.4, -0.2) is 9.97 Å². The lowest BCUT2D eigenvalue weighted by Gasteiger charge is -2.06. The summed E-state index contributed by atoms with van der Waals surface area (Å²) in [5, 5.41) is 2.00. The van der Waals surface area contributed by atoms with Crippen molar-refractivity contribution in [3.8, 4) is 0 Å². The fraction of sp³-hybridized carbons (Fsp3) is 0.125. The quantitative estimate of drug-likeness (QED) is 0.759. The Balaban J connectivity index is 1.99. The number of anilines is 1. The summed E-state index contributed by atoms with van der Waals surface area (Å²) in [5.41, 5.74) is 9.47. The number of nitrogen functional groups attached to an aromatic ring is 1. The predicted molar refractivity (Wildman–Crippen MR) is 77.9 cm³/mol. The van der Waals surface area contributed by atoms with Crippen LogP contribution in [0, 0.1) is 6.92 Å². The molecule has 3 heteroatoms. The highest BCUT2D eigenvalue weighted by molar-refractivity contribution is 5.90. The zero-order chi connectivity index (χ0) is 13.2. The minimum Gasteiger partial charge on any atom is -0.383 e. The fourth-order valence-corrected chi connectivity index (χ4v) is 2.19. The van der Waals surface area contributed by atoms with E-state index in [0.29, 0.717) is 5.82 Å². The van der Waals surface area contributed by atoms with Gasteiger partial charge in [-0.25, -0.2) is 4.98 Å². The van der Waals surface area contributed by atoms with Crippen LogP contribution in [0.5, 0.6) is 0 Å². The van der Waals surface area contributed by atoms with Crippen molar-refractivity contribution in [2.45, 2.75) is 13.3 Å². The first-order chi connectivity index (χ1) is 9.22. The van der Waals surface area contributed by atoms with Crippen molar-refractivity contribution >= 4 is 16.6 Å². The zero-order valence-corrected chi connectivity index (χ0v) is 10.8. The highest BCUT2D eigenvalue weighted by atomic mass is 14.8. The van der Waals surface area contributed by atoms with Gasteiger partial charge in [-0.15, -0.1) is 0 Å². The molecule has 0 saturated heterocycles. The van der Waals surface area contributed by atoms with E-state index in [1.165, 1.54) is 11.1 Å². The third-order valence-electron chi connectivity index (χ3n) is 3.22. The molecule has 3 aromatic rings. The molecule has 2 N–H and O–H groups in total. The molecule has 0 aliphatic rings. The molecule has 0 aliphatic heterocycles. The van der Waals surface area contributed by atoms with E-state index in [4.69, 9.17) is 5.73 Å². The third kappa shape index (κ3) is 2.40. The number of nitrogens with zero attached hydrogens (tertiary/aromatic N) is 2. The van der Waals surface area contributed by atoms with Crippen LogP contribution in [0.2, 0.25) is 0 Å². The van der Waals surface area contributed by atoms with Crippen molar-refractivity contribution in [1.29, 1.82) is 0 Å². The van der Waals surface area contributed by atoms with Crippen molar-refractivity contribution < 1.29 is 0 Å². The molecule has 0 fully saturated rings. The summed E-state index contributed by atoms with van der Waals surface area (Å²) in [6.07, 6.45) is 4.35. The first-order valence-electron chi connectivity index (χ1n) is 6.27. The predicted octanol–water partition coefficient (Wildman–Crippen LogP) is 3.11. The van der Waals surface area contributed by atoms with E-state index >= 15 is 0 Å². The Morgan fingerprint density at radius 3 is 2.68 bits per heavy atom. The van der Waals surface area contributed by atoms with Crippen LogP contribution in [0.15, 0.2) is 48.8 Å². The molecule has 94 valence electrons.